The summed E-state index contributed by atoms with van der Waals surface area (Å²) in [6, 6.07) is 11.4. The first-order chi connectivity index (χ1) is 23.9. The molecule has 0 radical (unpaired) electrons. The largest absolute Gasteiger partial charge is 0.508 e. The SMILES string of the molecule is CC(C)[Si](C#Cc1cccc2cc(O)cc(C3Cc4nc(OCC5(CN(C)C)CC5)nc(N5CC6CCC(C5)N6)c4CO3)c12)(C(C)C)C(C)C. The number of aromatic hydroxyl groups is 1. The maximum atomic E-state index is 11.0. The van der Waals surface area contributed by atoms with Gasteiger partial charge in [-0.25, -0.2) is 0 Å². The van der Waals surface area contributed by atoms with Crippen molar-refractivity contribution in [2.75, 3.05) is 45.2 Å². The number of anilines is 1. The van der Waals surface area contributed by atoms with E-state index < -0.39 is 8.07 Å². The molecule has 7 rings (SSSR count). The van der Waals surface area contributed by atoms with Crippen molar-refractivity contribution < 1.29 is 14.6 Å². The lowest BCUT2D eigenvalue weighted by Crippen LogP contribution is -2.51. The van der Waals surface area contributed by atoms with Gasteiger partial charge in [-0.3, -0.25) is 0 Å². The summed E-state index contributed by atoms with van der Waals surface area (Å²) < 4.78 is 13.2. The molecular formula is C41H57N5O3Si. The summed E-state index contributed by atoms with van der Waals surface area (Å²) in [6.45, 7) is 18.0. The van der Waals surface area contributed by atoms with E-state index in [2.05, 4.69) is 100 Å². The van der Waals surface area contributed by atoms with E-state index in [0.717, 1.165) is 58.6 Å². The Morgan fingerprint density at radius 3 is 2.38 bits per heavy atom. The van der Waals surface area contributed by atoms with E-state index in [-0.39, 0.29) is 17.3 Å². The highest BCUT2D eigenvalue weighted by atomic mass is 28.3. The van der Waals surface area contributed by atoms with Gasteiger partial charge in [0.05, 0.1) is 25.0 Å². The van der Waals surface area contributed by atoms with E-state index in [0.29, 0.717) is 54.4 Å². The monoisotopic (exact) mass is 695 g/mol. The summed E-state index contributed by atoms with van der Waals surface area (Å²) in [5, 5.41) is 16.8. The van der Waals surface area contributed by atoms with Crippen LogP contribution in [0.2, 0.25) is 16.6 Å². The summed E-state index contributed by atoms with van der Waals surface area (Å²) >= 11 is 0. The molecule has 2 N–H and O–H groups in total. The average Bonchev–Trinajstić information content (AvgIpc) is 3.74. The molecule has 4 aliphatic rings. The number of hydrogen-bond donors (Lipinski definition) is 2. The molecule has 3 aliphatic heterocycles. The van der Waals surface area contributed by atoms with Crippen molar-refractivity contribution in [1.82, 2.24) is 20.2 Å². The van der Waals surface area contributed by atoms with Crippen LogP contribution >= 0.6 is 0 Å². The quantitative estimate of drug-likeness (QED) is 0.168. The molecule has 1 saturated carbocycles. The standard InChI is InChI=1S/C41H57N5O3Si/c1-26(2)50(27(3)4,28(5)6)17-14-29-10-9-11-30-18-33(47)19-34(38(29)30)37-20-36-35(23-48-37)39(46-21-31-12-13-32(22-46)42-31)44-40(43-36)49-25-41(15-16-41)24-45(7)8/h9-11,18-19,26-28,31-32,37,42,47H,12-13,15-16,20-25H2,1-8H3. The molecule has 2 saturated heterocycles. The Hall–Kier alpha value is -3.16. The van der Waals surface area contributed by atoms with Crippen LogP contribution in [0.15, 0.2) is 30.3 Å². The number of phenolic OH excluding ortho intramolecular Hbond substituents is 1. The highest BCUT2D eigenvalue weighted by Crippen LogP contribution is 2.47. The topological polar surface area (TPSA) is 83.0 Å². The molecule has 9 heteroatoms. The summed E-state index contributed by atoms with van der Waals surface area (Å²) in [7, 11) is 2.30. The maximum Gasteiger partial charge on any atom is 0.318 e. The number of rotatable bonds is 10. The lowest BCUT2D eigenvalue weighted by molar-refractivity contribution is 0.0263. The molecule has 3 atom stereocenters. The smallest absolute Gasteiger partial charge is 0.318 e. The van der Waals surface area contributed by atoms with E-state index in [4.69, 9.17) is 19.4 Å². The van der Waals surface area contributed by atoms with Crippen molar-refractivity contribution in [3.8, 4) is 23.2 Å². The fourth-order valence-corrected chi connectivity index (χ4v) is 14.8. The fourth-order valence-electron chi connectivity index (χ4n) is 9.55. The predicted octanol–water partition coefficient (Wildman–Crippen LogP) is 7.38. The van der Waals surface area contributed by atoms with Crippen LogP contribution in [0, 0.1) is 16.9 Å². The number of phenols is 1. The molecule has 4 heterocycles. The zero-order valence-corrected chi connectivity index (χ0v) is 32.5. The van der Waals surface area contributed by atoms with Crippen molar-refractivity contribution in [1.29, 1.82) is 0 Å². The van der Waals surface area contributed by atoms with Gasteiger partial charge in [-0.2, -0.15) is 9.97 Å². The van der Waals surface area contributed by atoms with Gasteiger partial charge in [0.1, 0.15) is 19.6 Å². The van der Waals surface area contributed by atoms with Crippen LogP contribution in [0.1, 0.15) is 95.7 Å². The number of nitrogens with zero attached hydrogens (tertiary/aromatic N) is 4. The van der Waals surface area contributed by atoms with Gasteiger partial charge in [0.15, 0.2) is 0 Å². The lowest BCUT2D eigenvalue weighted by Gasteiger charge is -2.38. The van der Waals surface area contributed by atoms with E-state index in [1.807, 2.05) is 12.1 Å². The first kappa shape index (κ1) is 35.2. The average molecular weight is 696 g/mol. The molecule has 50 heavy (non-hydrogen) atoms. The minimum absolute atomic E-state index is 0.182. The number of piperazine rings is 1. The molecule has 1 aromatic heterocycles. The Morgan fingerprint density at radius 1 is 1.04 bits per heavy atom. The van der Waals surface area contributed by atoms with Gasteiger partial charge in [0.2, 0.25) is 0 Å². The van der Waals surface area contributed by atoms with Crippen molar-refractivity contribution in [2.24, 2.45) is 5.41 Å². The zero-order valence-electron chi connectivity index (χ0n) is 31.5. The second-order valence-electron chi connectivity index (χ2n) is 16.9. The van der Waals surface area contributed by atoms with Gasteiger partial charge in [0.25, 0.3) is 0 Å². The van der Waals surface area contributed by atoms with Gasteiger partial charge >= 0.3 is 6.01 Å². The molecule has 2 aromatic carbocycles. The number of fused-ring (bicyclic) bond motifs is 4. The maximum absolute atomic E-state index is 11.0. The molecule has 1 aliphatic carbocycles. The molecule has 8 nitrogen and oxygen atoms in total. The molecule has 3 unspecified atom stereocenters. The van der Waals surface area contributed by atoms with Crippen molar-refractivity contribution in [2.45, 2.75) is 115 Å². The predicted molar refractivity (Wildman–Crippen MR) is 205 cm³/mol. The van der Waals surface area contributed by atoms with Crippen LogP contribution < -0.4 is 15.0 Å². The third-order valence-electron chi connectivity index (χ3n) is 12.1. The van der Waals surface area contributed by atoms with Crippen LogP contribution in [0.25, 0.3) is 10.8 Å². The second kappa shape index (κ2) is 13.8. The molecule has 0 amide bonds. The van der Waals surface area contributed by atoms with Gasteiger partial charge in [0, 0.05) is 60.1 Å². The summed E-state index contributed by atoms with van der Waals surface area (Å²) in [6.07, 6.45) is 5.03. The van der Waals surface area contributed by atoms with Crippen molar-refractivity contribution in [3.05, 3.63) is 52.7 Å². The highest BCUT2D eigenvalue weighted by Gasteiger charge is 2.45. The molecular weight excluding hydrogens is 639 g/mol. The van der Waals surface area contributed by atoms with Crippen molar-refractivity contribution in [3.63, 3.8) is 0 Å². The number of benzene rings is 2. The number of aromatic nitrogens is 2. The van der Waals surface area contributed by atoms with Crippen LogP contribution in [-0.4, -0.2) is 80.5 Å². The number of hydrogen-bond acceptors (Lipinski definition) is 8. The summed E-state index contributed by atoms with van der Waals surface area (Å²) in [4.78, 5) is 14.9. The number of ether oxygens (including phenoxy) is 2. The molecule has 268 valence electrons. The minimum Gasteiger partial charge on any atom is -0.508 e. The normalized spacial score (nSPS) is 22.7. The van der Waals surface area contributed by atoms with Crippen LogP contribution in [0.5, 0.6) is 11.8 Å². The zero-order chi connectivity index (χ0) is 35.4. The highest BCUT2D eigenvalue weighted by molar-refractivity contribution is 6.90. The van der Waals surface area contributed by atoms with E-state index >= 15 is 0 Å². The Morgan fingerprint density at radius 2 is 1.74 bits per heavy atom. The third kappa shape index (κ3) is 6.77. The number of nitrogens with one attached hydrogen (secondary N) is 1. The van der Waals surface area contributed by atoms with Gasteiger partial charge < -0.3 is 29.7 Å². The Bertz CT molecular complexity index is 1760. The van der Waals surface area contributed by atoms with Crippen molar-refractivity contribution >= 4 is 24.7 Å². The second-order valence-corrected chi connectivity index (χ2v) is 22.5. The van der Waals surface area contributed by atoms with Gasteiger partial charge in [-0.1, -0.05) is 59.6 Å². The van der Waals surface area contributed by atoms with Gasteiger partial charge in [-0.15, -0.1) is 5.54 Å². The Labute approximate surface area is 300 Å². The lowest BCUT2D eigenvalue weighted by atomic mass is 9.92. The molecule has 3 fully saturated rings. The molecule has 3 aromatic rings. The van der Waals surface area contributed by atoms with E-state index in [1.54, 1.807) is 0 Å². The van der Waals surface area contributed by atoms with Crippen LogP contribution in [0.4, 0.5) is 5.82 Å². The minimum atomic E-state index is -1.96. The van der Waals surface area contributed by atoms with E-state index in [9.17, 15) is 5.11 Å². The molecule has 2 bridgehead atoms. The first-order valence-corrected chi connectivity index (χ1v) is 21.2. The van der Waals surface area contributed by atoms with E-state index in [1.165, 1.54) is 25.7 Å². The Kier molecular flexibility index (Phi) is 9.70. The fraction of sp³-hybridized carbons (Fsp3) is 0.610. The Balaban J connectivity index is 1.27. The molecule has 0 spiro atoms. The first-order valence-electron chi connectivity index (χ1n) is 19.0. The third-order valence-corrected chi connectivity index (χ3v) is 18.4. The van der Waals surface area contributed by atoms with Gasteiger partial charge in [-0.05, 0) is 85.6 Å². The summed E-state index contributed by atoms with van der Waals surface area (Å²) in [5.74, 6) is 4.93. The van der Waals surface area contributed by atoms with Crippen LogP contribution in [-0.2, 0) is 17.8 Å². The van der Waals surface area contributed by atoms with Crippen LogP contribution in [0.3, 0.4) is 0 Å². The summed E-state index contributed by atoms with van der Waals surface area (Å²) in [5.41, 5.74) is 9.77.